The Morgan fingerprint density at radius 3 is 2.84 bits per heavy atom. The molecule has 3 aromatic rings. The Balaban J connectivity index is 1.67. The molecule has 5 rings (SSSR count). The number of carbonyl (C=O) groups is 1. The Labute approximate surface area is 143 Å². The molecule has 0 amide bonds. The fourth-order valence-electron chi connectivity index (χ4n) is 3.75. The van der Waals surface area contributed by atoms with E-state index in [9.17, 15) is 9.90 Å². The molecule has 0 spiro atoms. The second-order valence-corrected chi connectivity index (χ2v) is 6.37. The molecule has 25 heavy (non-hydrogen) atoms. The summed E-state index contributed by atoms with van der Waals surface area (Å²) in [5, 5.41) is 13.9. The van der Waals surface area contributed by atoms with Crippen LogP contribution >= 0.6 is 0 Å². The van der Waals surface area contributed by atoms with Crippen LogP contribution in [0.25, 0.3) is 10.9 Å². The Hall–Kier alpha value is -2.99. The zero-order valence-corrected chi connectivity index (χ0v) is 13.3. The van der Waals surface area contributed by atoms with E-state index in [-0.39, 0.29) is 12.8 Å². The number of carboxylic acids is 1. The number of aromatic nitrogens is 1. The van der Waals surface area contributed by atoms with Gasteiger partial charge in [0, 0.05) is 23.0 Å². The molecule has 0 radical (unpaired) electrons. The normalized spacial score (nSPS) is 21.3. The molecular formula is C19H16N2O4. The van der Waals surface area contributed by atoms with Gasteiger partial charge in [0.05, 0.1) is 6.04 Å². The van der Waals surface area contributed by atoms with E-state index in [1.54, 1.807) is 0 Å². The molecule has 0 bridgehead atoms. The number of aliphatic carboxylic acids is 1. The number of benzene rings is 2. The summed E-state index contributed by atoms with van der Waals surface area (Å²) in [7, 11) is 0. The Bertz CT molecular complexity index is 994. The van der Waals surface area contributed by atoms with E-state index in [1.807, 2.05) is 42.5 Å². The van der Waals surface area contributed by atoms with Gasteiger partial charge >= 0.3 is 5.97 Å². The molecule has 0 saturated carbocycles. The van der Waals surface area contributed by atoms with Gasteiger partial charge in [-0.15, -0.1) is 0 Å². The molecule has 0 saturated heterocycles. The minimum atomic E-state index is -0.846. The van der Waals surface area contributed by atoms with Crippen molar-refractivity contribution in [1.29, 1.82) is 0 Å². The van der Waals surface area contributed by atoms with Crippen LogP contribution in [-0.2, 0) is 11.2 Å². The molecule has 2 aliphatic rings. The van der Waals surface area contributed by atoms with E-state index < -0.39 is 12.0 Å². The number of nitrogens with one attached hydrogen (secondary N) is 2. The van der Waals surface area contributed by atoms with Crippen molar-refractivity contribution in [1.82, 2.24) is 10.3 Å². The third-order valence-corrected chi connectivity index (χ3v) is 4.94. The van der Waals surface area contributed by atoms with Crippen molar-refractivity contribution in [2.75, 3.05) is 6.79 Å². The third kappa shape index (κ3) is 2.18. The van der Waals surface area contributed by atoms with Crippen LogP contribution < -0.4 is 14.8 Å². The Morgan fingerprint density at radius 2 is 1.96 bits per heavy atom. The topological polar surface area (TPSA) is 83.6 Å². The molecule has 0 fully saturated rings. The fourth-order valence-corrected chi connectivity index (χ4v) is 3.75. The van der Waals surface area contributed by atoms with Gasteiger partial charge in [-0.25, -0.2) is 0 Å². The molecule has 2 aromatic carbocycles. The van der Waals surface area contributed by atoms with Gasteiger partial charge in [-0.3, -0.25) is 10.1 Å². The van der Waals surface area contributed by atoms with Gasteiger partial charge in [0.2, 0.25) is 6.79 Å². The summed E-state index contributed by atoms with van der Waals surface area (Å²) in [5.41, 5.74) is 4.04. The summed E-state index contributed by atoms with van der Waals surface area (Å²) in [5.74, 6) is 0.558. The highest BCUT2D eigenvalue weighted by Gasteiger charge is 2.34. The molecule has 0 unspecified atom stereocenters. The van der Waals surface area contributed by atoms with Gasteiger partial charge in [0.1, 0.15) is 6.04 Å². The summed E-state index contributed by atoms with van der Waals surface area (Å²) in [4.78, 5) is 15.1. The minimum Gasteiger partial charge on any atom is -0.480 e. The SMILES string of the molecule is O=C(O)[C@@H]1Cc2c([nH]c3ccccc23)[C@H](c2ccc3c(c2)OCO3)N1. The van der Waals surface area contributed by atoms with Gasteiger partial charge in [-0.2, -0.15) is 0 Å². The zero-order chi connectivity index (χ0) is 17.0. The van der Waals surface area contributed by atoms with Gasteiger partial charge in [-0.1, -0.05) is 24.3 Å². The van der Waals surface area contributed by atoms with Crippen LogP contribution in [0.3, 0.4) is 0 Å². The number of para-hydroxylation sites is 1. The van der Waals surface area contributed by atoms with Crippen LogP contribution in [0.5, 0.6) is 11.5 Å². The maximum atomic E-state index is 11.7. The van der Waals surface area contributed by atoms with Crippen molar-refractivity contribution in [2.45, 2.75) is 18.5 Å². The van der Waals surface area contributed by atoms with Crippen molar-refractivity contribution in [3.05, 3.63) is 59.3 Å². The van der Waals surface area contributed by atoms with Gasteiger partial charge < -0.3 is 19.6 Å². The second-order valence-electron chi connectivity index (χ2n) is 6.37. The van der Waals surface area contributed by atoms with Crippen molar-refractivity contribution < 1.29 is 19.4 Å². The van der Waals surface area contributed by atoms with Crippen LogP contribution in [0.1, 0.15) is 22.9 Å². The quantitative estimate of drug-likeness (QED) is 0.670. The monoisotopic (exact) mass is 336 g/mol. The van der Waals surface area contributed by atoms with E-state index in [0.29, 0.717) is 17.9 Å². The molecular weight excluding hydrogens is 320 g/mol. The van der Waals surface area contributed by atoms with Crippen LogP contribution in [0.15, 0.2) is 42.5 Å². The predicted octanol–water partition coefficient (Wildman–Crippen LogP) is 2.58. The molecule has 6 nitrogen and oxygen atoms in total. The first kappa shape index (κ1) is 14.4. The maximum absolute atomic E-state index is 11.7. The molecule has 0 aliphatic carbocycles. The smallest absolute Gasteiger partial charge is 0.321 e. The first-order valence-electron chi connectivity index (χ1n) is 8.18. The highest BCUT2D eigenvalue weighted by Crippen LogP contribution is 2.39. The lowest BCUT2D eigenvalue weighted by Crippen LogP contribution is -2.44. The van der Waals surface area contributed by atoms with E-state index in [0.717, 1.165) is 27.7 Å². The van der Waals surface area contributed by atoms with Crippen LogP contribution in [0.4, 0.5) is 0 Å². The third-order valence-electron chi connectivity index (χ3n) is 4.94. The largest absolute Gasteiger partial charge is 0.480 e. The van der Waals surface area contributed by atoms with E-state index in [4.69, 9.17) is 9.47 Å². The standard InChI is InChI=1S/C19H16N2O4/c22-19(23)14-8-12-11-3-1-2-4-13(11)20-18(12)17(21-14)10-5-6-15-16(7-10)25-9-24-15/h1-7,14,17,20-21H,8-9H2,(H,22,23)/t14-,17-/m0/s1. The highest BCUT2D eigenvalue weighted by atomic mass is 16.7. The fraction of sp³-hybridized carbons (Fsp3) is 0.211. The molecule has 126 valence electrons. The number of carboxylic acid groups (broad SMARTS) is 1. The van der Waals surface area contributed by atoms with E-state index in [2.05, 4.69) is 10.3 Å². The van der Waals surface area contributed by atoms with Crippen molar-refractivity contribution >= 4 is 16.9 Å². The second kappa shape index (κ2) is 5.26. The summed E-state index contributed by atoms with van der Waals surface area (Å²) < 4.78 is 10.8. The van der Waals surface area contributed by atoms with Crippen LogP contribution in [0.2, 0.25) is 0 Å². The minimum absolute atomic E-state index is 0.215. The van der Waals surface area contributed by atoms with Crippen molar-refractivity contribution in [2.24, 2.45) is 0 Å². The zero-order valence-electron chi connectivity index (χ0n) is 13.3. The predicted molar refractivity (Wildman–Crippen MR) is 91.0 cm³/mol. The number of rotatable bonds is 2. The summed E-state index contributed by atoms with van der Waals surface area (Å²) in [6.07, 6.45) is 0.454. The molecule has 1 aromatic heterocycles. The lowest BCUT2D eigenvalue weighted by atomic mass is 9.90. The lowest BCUT2D eigenvalue weighted by molar-refractivity contribution is -0.139. The van der Waals surface area contributed by atoms with Gasteiger partial charge in [0.15, 0.2) is 11.5 Å². The van der Waals surface area contributed by atoms with Crippen LogP contribution in [0, 0.1) is 0 Å². The Morgan fingerprint density at radius 1 is 1.12 bits per heavy atom. The highest BCUT2D eigenvalue weighted by molar-refractivity contribution is 5.87. The number of fused-ring (bicyclic) bond motifs is 4. The van der Waals surface area contributed by atoms with Crippen molar-refractivity contribution in [3.8, 4) is 11.5 Å². The number of ether oxygens (including phenoxy) is 2. The molecule has 3 heterocycles. The van der Waals surface area contributed by atoms with E-state index in [1.165, 1.54) is 0 Å². The first-order valence-corrected chi connectivity index (χ1v) is 8.18. The molecule has 6 heteroatoms. The number of hydrogen-bond acceptors (Lipinski definition) is 4. The average molecular weight is 336 g/mol. The van der Waals surface area contributed by atoms with Gasteiger partial charge in [0.25, 0.3) is 0 Å². The summed E-state index contributed by atoms with van der Waals surface area (Å²) >= 11 is 0. The lowest BCUT2D eigenvalue weighted by Gasteiger charge is -2.29. The first-order chi connectivity index (χ1) is 12.2. The maximum Gasteiger partial charge on any atom is 0.321 e. The summed E-state index contributed by atoms with van der Waals surface area (Å²) in [6.45, 7) is 0.215. The number of aromatic amines is 1. The summed E-state index contributed by atoms with van der Waals surface area (Å²) in [6, 6.07) is 12.8. The van der Waals surface area contributed by atoms with Crippen molar-refractivity contribution in [3.63, 3.8) is 0 Å². The molecule has 2 atom stereocenters. The molecule has 2 aliphatic heterocycles. The molecule has 3 N–H and O–H groups in total. The van der Waals surface area contributed by atoms with Crippen LogP contribution in [-0.4, -0.2) is 28.9 Å². The Kier molecular flexibility index (Phi) is 3.02. The van der Waals surface area contributed by atoms with Gasteiger partial charge in [-0.05, 0) is 29.3 Å². The number of hydrogen-bond donors (Lipinski definition) is 3. The number of H-pyrrole nitrogens is 1. The average Bonchev–Trinajstić information content (AvgIpc) is 3.24. The van der Waals surface area contributed by atoms with E-state index >= 15 is 0 Å².